The van der Waals surface area contributed by atoms with Crippen molar-refractivity contribution in [1.82, 2.24) is 25.6 Å². The summed E-state index contributed by atoms with van der Waals surface area (Å²) in [4.78, 5) is 34.2. The van der Waals surface area contributed by atoms with Gasteiger partial charge < -0.3 is 15.7 Å². The number of carbonyl (C=O) groups excluding carboxylic acids is 2. The zero-order valence-electron chi connectivity index (χ0n) is 13.8. The zero-order chi connectivity index (χ0) is 18.9. The van der Waals surface area contributed by atoms with Gasteiger partial charge in [-0.2, -0.15) is 0 Å². The Morgan fingerprint density at radius 3 is 2.58 bits per heavy atom. The lowest BCUT2D eigenvalue weighted by Crippen LogP contribution is -2.27. The van der Waals surface area contributed by atoms with Crippen LogP contribution in [0.25, 0.3) is 0 Å². The quantitative estimate of drug-likeness (QED) is 0.554. The number of benzene rings is 1. The first-order chi connectivity index (χ1) is 12.4. The van der Waals surface area contributed by atoms with Gasteiger partial charge in [-0.3, -0.25) is 14.4 Å². The highest BCUT2D eigenvalue weighted by molar-refractivity contribution is 6.30. The van der Waals surface area contributed by atoms with E-state index in [2.05, 4.69) is 20.9 Å². The van der Waals surface area contributed by atoms with Gasteiger partial charge in [0.25, 0.3) is 5.91 Å². The lowest BCUT2D eigenvalue weighted by molar-refractivity contribution is -0.138. The molecule has 10 heteroatoms. The van der Waals surface area contributed by atoms with E-state index < -0.39 is 5.97 Å². The van der Waals surface area contributed by atoms with Crippen molar-refractivity contribution in [3.05, 3.63) is 46.7 Å². The van der Waals surface area contributed by atoms with E-state index in [9.17, 15) is 14.4 Å². The average molecular weight is 380 g/mol. The van der Waals surface area contributed by atoms with Crippen LogP contribution in [0.2, 0.25) is 5.02 Å². The fraction of sp³-hybridized carbons (Fsp3) is 0.312. The maximum absolute atomic E-state index is 11.9. The Kier molecular flexibility index (Phi) is 7.10. The second-order valence-electron chi connectivity index (χ2n) is 5.44. The Labute approximate surface area is 154 Å². The number of carboxylic acids is 1. The average Bonchev–Trinajstić information content (AvgIpc) is 3.04. The predicted octanol–water partition coefficient (Wildman–Crippen LogP) is 0.843. The van der Waals surface area contributed by atoms with Crippen molar-refractivity contribution in [3.8, 4) is 0 Å². The molecular weight excluding hydrogens is 362 g/mol. The van der Waals surface area contributed by atoms with Crippen molar-refractivity contribution in [1.29, 1.82) is 0 Å². The minimum Gasteiger partial charge on any atom is -0.480 e. The summed E-state index contributed by atoms with van der Waals surface area (Å²) in [7, 11) is 0. The number of hydrogen-bond donors (Lipinski definition) is 3. The van der Waals surface area contributed by atoms with E-state index >= 15 is 0 Å². The number of amides is 2. The summed E-state index contributed by atoms with van der Waals surface area (Å²) in [6.07, 6.45) is 2.18. The molecular formula is C16H18ClN5O4. The fourth-order valence-corrected chi connectivity index (χ4v) is 2.19. The van der Waals surface area contributed by atoms with Crippen LogP contribution in [0, 0.1) is 0 Å². The number of carboxylic acid groups (broad SMARTS) is 1. The lowest BCUT2D eigenvalue weighted by Gasteiger charge is -2.06. The van der Waals surface area contributed by atoms with Gasteiger partial charge in [-0.25, -0.2) is 4.68 Å². The van der Waals surface area contributed by atoms with E-state index in [0.717, 1.165) is 0 Å². The molecule has 138 valence electrons. The zero-order valence-corrected chi connectivity index (χ0v) is 14.6. The Morgan fingerprint density at radius 1 is 1.15 bits per heavy atom. The SMILES string of the molecule is O=C(O)Cn1cc(CNC(=O)CCCNC(=O)c2ccc(Cl)cc2)nn1. The number of nitrogens with zero attached hydrogens (tertiary/aromatic N) is 3. The molecule has 2 aromatic rings. The summed E-state index contributed by atoms with van der Waals surface area (Å²) >= 11 is 5.76. The summed E-state index contributed by atoms with van der Waals surface area (Å²) in [5, 5.41) is 22.0. The summed E-state index contributed by atoms with van der Waals surface area (Å²) < 4.78 is 1.18. The summed E-state index contributed by atoms with van der Waals surface area (Å²) in [6.45, 7) is 0.244. The molecule has 2 rings (SSSR count). The maximum Gasteiger partial charge on any atom is 0.325 e. The number of hydrogen-bond acceptors (Lipinski definition) is 5. The first-order valence-electron chi connectivity index (χ1n) is 7.85. The predicted molar refractivity (Wildman–Crippen MR) is 92.5 cm³/mol. The van der Waals surface area contributed by atoms with Crippen molar-refractivity contribution in [2.45, 2.75) is 25.9 Å². The van der Waals surface area contributed by atoms with Gasteiger partial charge in [0.05, 0.1) is 12.7 Å². The molecule has 0 saturated carbocycles. The number of aliphatic carboxylic acids is 1. The number of rotatable bonds is 9. The van der Waals surface area contributed by atoms with Crippen molar-refractivity contribution in [2.75, 3.05) is 6.54 Å². The smallest absolute Gasteiger partial charge is 0.325 e. The normalized spacial score (nSPS) is 10.3. The standard InChI is InChI=1S/C16H18ClN5O4/c17-12-5-3-11(4-6-12)16(26)18-7-1-2-14(23)19-8-13-9-22(21-20-13)10-15(24)25/h3-6,9H,1-2,7-8,10H2,(H,18,26)(H,19,23)(H,24,25). The Morgan fingerprint density at radius 2 is 1.88 bits per heavy atom. The Bertz CT molecular complexity index is 775. The van der Waals surface area contributed by atoms with E-state index in [-0.39, 0.29) is 31.3 Å². The third-order valence-corrected chi connectivity index (χ3v) is 3.57. The first-order valence-corrected chi connectivity index (χ1v) is 8.23. The summed E-state index contributed by atoms with van der Waals surface area (Å²) in [5.41, 5.74) is 0.971. The minimum absolute atomic E-state index is 0.162. The maximum atomic E-state index is 11.9. The van der Waals surface area contributed by atoms with Gasteiger partial charge in [0.1, 0.15) is 12.2 Å². The molecule has 0 aliphatic rings. The fourth-order valence-electron chi connectivity index (χ4n) is 2.07. The van der Waals surface area contributed by atoms with Gasteiger partial charge in [0, 0.05) is 23.6 Å². The van der Waals surface area contributed by atoms with Crippen molar-refractivity contribution in [2.24, 2.45) is 0 Å². The molecule has 0 bridgehead atoms. The van der Waals surface area contributed by atoms with Gasteiger partial charge in [-0.1, -0.05) is 16.8 Å². The molecule has 9 nitrogen and oxygen atoms in total. The molecule has 0 atom stereocenters. The van der Waals surface area contributed by atoms with Gasteiger partial charge in [-0.15, -0.1) is 5.10 Å². The summed E-state index contributed by atoms with van der Waals surface area (Å²) in [5.74, 6) is -1.44. The van der Waals surface area contributed by atoms with Crippen molar-refractivity contribution < 1.29 is 19.5 Å². The lowest BCUT2D eigenvalue weighted by atomic mass is 10.2. The summed E-state index contributed by atoms with van der Waals surface area (Å²) in [6, 6.07) is 6.52. The Hall–Kier alpha value is -2.94. The van der Waals surface area contributed by atoms with Gasteiger partial charge in [0.2, 0.25) is 5.91 Å². The topological polar surface area (TPSA) is 126 Å². The van der Waals surface area contributed by atoms with E-state index in [1.165, 1.54) is 10.9 Å². The van der Waals surface area contributed by atoms with Crippen LogP contribution in [0.15, 0.2) is 30.5 Å². The first kappa shape index (κ1) is 19.4. The second-order valence-corrected chi connectivity index (χ2v) is 5.88. The number of nitrogens with one attached hydrogen (secondary N) is 2. The molecule has 3 N–H and O–H groups in total. The number of halogens is 1. The molecule has 26 heavy (non-hydrogen) atoms. The molecule has 1 heterocycles. The molecule has 0 saturated heterocycles. The molecule has 0 spiro atoms. The van der Waals surface area contributed by atoms with Crippen LogP contribution in [-0.4, -0.2) is 44.4 Å². The van der Waals surface area contributed by atoms with Crippen molar-refractivity contribution in [3.63, 3.8) is 0 Å². The monoisotopic (exact) mass is 379 g/mol. The van der Waals surface area contributed by atoms with Crippen LogP contribution in [0.1, 0.15) is 28.9 Å². The molecule has 2 amide bonds. The molecule has 1 aromatic heterocycles. The highest BCUT2D eigenvalue weighted by Gasteiger charge is 2.08. The van der Waals surface area contributed by atoms with Crippen LogP contribution < -0.4 is 10.6 Å². The largest absolute Gasteiger partial charge is 0.480 e. The molecule has 0 aliphatic heterocycles. The minimum atomic E-state index is -1.02. The number of carbonyl (C=O) groups is 3. The third-order valence-electron chi connectivity index (χ3n) is 3.32. The van der Waals surface area contributed by atoms with Crippen LogP contribution >= 0.6 is 11.6 Å². The van der Waals surface area contributed by atoms with Crippen LogP contribution in [0.5, 0.6) is 0 Å². The highest BCUT2D eigenvalue weighted by Crippen LogP contribution is 2.09. The molecule has 0 radical (unpaired) electrons. The van der Waals surface area contributed by atoms with Gasteiger partial charge in [0.15, 0.2) is 0 Å². The van der Waals surface area contributed by atoms with Crippen molar-refractivity contribution >= 4 is 29.4 Å². The van der Waals surface area contributed by atoms with Crippen LogP contribution in [0.4, 0.5) is 0 Å². The van der Waals surface area contributed by atoms with E-state index in [0.29, 0.717) is 29.2 Å². The van der Waals surface area contributed by atoms with Crippen LogP contribution in [-0.2, 0) is 22.7 Å². The second kappa shape index (κ2) is 9.52. The van der Waals surface area contributed by atoms with Crippen LogP contribution in [0.3, 0.4) is 0 Å². The molecule has 0 unspecified atom stereocenters. The molecule has 0 fully saturated rings. The Balaban J connectivity index is 1.63. The molecule has 1 aromatic carbocycles. The van der Waals surface area contributed by atoms with Gasteiger partial charge >= 0.3 is 5.97 Å². The van der Waals surface area contributed by atoms with E-state index in [1.54, 1.807) is 24.3 Å². The molecule has 0 aliphatic carbocycles. The van der Waals surface area contributed by atoms with Gasteiger partial charge in [-0.05, 0) is 30.7 Å². The highest BCUT2D eigenvalue weighted by atomic mass is 35.5. The van der Waals surface area contributed by atoms with E-state index in [4.69, 9.17) is 16.7 Å². The third kappa shape index (κ3) is 6.52. The van der Waals surface area contributed by atoms with E-state index in [1.807, 2.05) is 0 Å². The number of aromatic nitrogens is 3.